The second-order valence-corrected chi connectivity index (χ2v) is 4.54. The predicted octanol–water partition coefficient (Wildman–Crippen LogP) is -2.04. The molecular formula is C12H19BrO8. The van der Waals surface area contributed by atoms with Crippen LogP contribution in [0.1, 0.15) is 20.8 Å². The Bertz CT molecular complexity index is 435. The van der Waals surface area contributed by atoms with Crippen molar-refractivity contribution in [1.29, 1.82) is 0 Å². The van der Waals surface area contributed by atoms with Crippen molar-refractivity contribution >= 4 is 40.1 Å². The molecule has 0 heterocycles. The summed E-state index contributed by atoms with van der Waals surface area (Å²) in [5.74, 6) is -7.01. The molecule has 0 aliphatic carbocycles. The van der Waals surface area contributed by atoms with Crippen molar-refractivity contribution in [3.63, 3.8) is 0 Å². The first kappa shape index (κ1) is 22.3. The standard InChI is InChI=1S/C12H18O8.BrH/c1-5(14)9(10(18)8(17)4-13)12(20,7(3)16)11(19)6(2)15;/h8-10,13,17-18,20H,4H2,1-3H3;1H/t8-,9+,10-,12-;/m1./s1. The van der Waals surface area contributed by atoms with E-state index < -0.39 is 53.5 Å². The molecule has 0 saturated carbocycles. The number of Topliss-reactive ketones (excluding diaryl/α,β-unsaturated/α-hetero) is 4. The number of carbonyl (C=O) groups is 4. The zero-order chi connectivity index (χ0) is 16.2. The van der Waals surface area contributed by atoms with Gasteiger partial charge < -0.3 is 20.4 Å². The van der Waals surface area contributed by atoms with Crippen LogP contribution in [0, 0.1) is 5.92 Å². The smallest absolute Gasteiger partial charge is 0.237 e. The number of hydrogen-bond donors (Lipinski definition) is 4. The summed E-state index contributed by atoms with van der Waals surface area (Å²) in [7, 11) is 0. The fraction of sp³-hybridized carbons (Fsp3) is 0.667. The maximum Gasteiger partial charge on any atom is 0.237 e. The van der Waals surface area contributed by atoms with E-state index in [-0.39, 0.29) is 17.0 Å². The highest BCUT2D eigenvalue weighted by Crippen LogP contribution is 2.27. The fourth-order valence-corrected chi connectivity index (χ4v) is 1.90. The van der Waals surface area contributed by atoms with Gasteiger partial charge in [0.05, 0.1) is 18.6 Å². The zero-order valence-corrected chi connectivity index (χ0v) is 13.5. The molecule has 0 aromatic heterocycles. The molecule has 9 heteroatoms. The SMILES string of the molecule is Br.CC(=O)C(=O)[C@@](O)(C(C)=O)[C@@H](C(C)=O)[C@H](O)[C@H](O)CO. The monoisotopic (exact) mass is 370 g/mol. The lowest BCUT2D eigenvalue weighted by atomic mass is 9.73. The molecule has 0 unspecified atom stereocenters. The molecule has 8 nitrogen and oxygen atoms in total. The minimum Gasteiger partial charge on any atom is -0.394 e. The maximum atomic E-state index is 11.7. The Hall–Kier alpha value is -1.00. The number of halogens is 1. The van der Waals surface area contributed by atoms with E-state index in [2.05, 4.69) is 0 Å². The van der Waals surface area contributed by atoms with Gasteiger partial charge in [-0.05, 0) is 13.8 Å². The average molecular weight is 371 g/mol. The van der Waals surface area contributed by atoms with E-state index in [9.17, 15) is 34.5 Å². The predicted molar refractivity (Wildman–Crippen MR) is 74.9 cm³/mol. The van der Waals surface area contributed by atoms with E-state index >= 15 is 0 Å². The summed E-state index contributed by atoms with van der Waals surface area (Å²) in [5, 5.41) is 38.0. The second-order valence-electron chi connectivity index (χ2n) is 4.54. The molecule has 0 aliphatic rings. The van der Waals surface area contributed by atoms with Gasteiger partial charge in [-0.2, -0.15) is 0 Å². The minimum absolute atomic E-state index is 0. The quantitative estimate of drug-likeness (QED) is 0.282. The second kappa shape index (κ2) is 8.44. The molecule has 0 aliphatic heterocycles. The van der Waals surface area contributed by atoms with Gasteiger partial charge in [-0.3, -0.25) is 19.2 Å². The highest BCUT2D eigenvalue weighted by molar-refractivity contribution is 8.93. The van der Waals surface area contributed by atoms with Gasteiger partial charge in [0.1, 0.15) is 11.9 Å². The summed E-state index contributed by atoms with van der Waals surface area (Å²) in [6.45, 7) is 1.48. The summed E-state index contributed by atoms with van der Waals surface area (Å²) < 4.78 is 0. The molecule has 0 aromatic rings. The van der Waals surface area contributed by atoms with Crippen LogP contribution in [-0.2, 0) is 19.2 Å². The van der Waals surface area contributed by atoms with Crippen LogP contribution in [0.15, 0.2) is 0 Å². The van der Waals surface area contributed by atoms with Gasteiger partial charge in [-0.15, -0.1) is 17.0 Å². The van der Waals surface area contributed by atoms with Crippen molar-refractivity contribution < 1.29 is 39.6 Å². The Kier molecular flexibility index (Phi) is 8.96. The van der Waals surface area contributed by atoms with Crippen molar-refractivity contribution in [2.45, 2.75) is 38.6 Å². The number of ketones is 4. The average Bonchev–Trinajstić information content (AvgIpc) is 2.35. The Morgan fingerprint density at radius 3 is 1.71 bits per heavy atom. The lowest BCUT2D eigenvalue weighted by Crippen LogP contribution is -2.61. The third-order valence-electron chi connectivity index (χ3n) is 3.01. The third kappa shape index (κ3) is 4.48. The first-order valence-corrected chi connectivity index (χ1v) is 5.77. The first-order chi connectivity index (χ1) is 9.01. The normalized spacial score (nSPS) is 17.7. The Morgan fingerprint density at radius 2 is 1.48 bits per heavy atom. The Morgan fingerprint density at radius 1 is 1.05 bits per heavy atom. The molecule has 0 rings (SSSR count). The van der Waals surface area contributed by atoms with Crippen molar-refractivity contribution in [2.75, 3.05) is 6.61 Å². The highest BCUT2D eigenvalue weighted by atomic mass is 79.9. The van der Waals surface area contributed by atoms with Crippen LogP contribution in [0.5, 0.6) is 0 Å². The molecule has 21 heavy (non-hydrogen) atoms. The van der Waals surface area contributed by atoms with E-state index in [4.69, 9.17) is 5.11 Å². The van der Waals surface area contributed by atoms with Gasteiger partial charge in [0.15, 0.2) is 11.6 Å². The van der Waals surface area contributed by atoms with E-state index in [1.54, 1.807) is 0 Å². The number of carbonyl (C=O) groups excluding carboxylic acids is 4. The topological polar surface area (TPSA) is 149 Å². The van der Waals surface area contributed by atoms with Gasteiger partial charge >= 0.3 is 0 Å². The van der Waals surface area contributed by atoms with Crippen molar-refractivity contribution in [2.24, 2.45) is 5.92 Å². The molecule has 0 spiro atoms. The van der Waals surface area contributed by atoms with Crippen LogP contribution in [0.3, 0.4) is 0 Å². The summed E-state index contributed by atoms with van der Waals surface area (Å²) in [6, 6.07) is 0. The Labute approximate surface area is 131 Å². The lowest BCUT2D eigenvalue weighted by molar-refractivity contribution is -0.173. The molecule has 0 fully saturated rings. The summed E-state index contributed by atoms with van der Waals surface area (Å²) in [6.07, 6.45) is -3.95. The number of hydrogen-bond acceptors (Lipinski definition) is 8. The highest BCUT2D eigenvalue weighted by Gasteiger charge is 2.55. The van der Waals surface area contributed by atoms with Crippen molar-refractivity contribution in [3.8, 4) is 0 Å². The third-order valence-corrected chi connectivity index (χ3v) is 3.01. The van der Waals surface area contributed by atoms with Crippen LogP contribution in [0.4, 0.5) is 0 Å². The molecule has 0 radical (unpaired) electrons. The van der Waals surface area contributed by atoms with Crippen molar-refractivity contribution in [3.05, 3.63) is 0 Å². The zero-order valence-electron chi connectivity index (χ0n) is 11.8. The van der Waals surface area contributed by atoms with Gasteiger partial charge in [-0.25, -0.2) is 0 Å². The number of rotatable bonds is 8. The van der Waals surface area contributed by atoms with Gasteiger partial charge in [0.25, 0.3) is 0 Å². The summed E-state index contributed by atoms with van der Waals surface area (Å²) in [4.78, 5) is 46.0. The molecule has 0 amide bonds. The molecule has 0 aromatic carbocycles. The molecule has 0 saturated heterocycles. The fourth-order valence-electron chi connectivity index (χ4n) is 1.90. The van der Waals surface area contributed by atoms with Gasteiger partial charge in [0.2, 0.25) is 11.4 Å². The minimum atomic E-state index is -3.08. The van der Waals surface area contributed by atoms with E-state index in [1.807, 2.05) is 0 Å². The number of aliphatic hydroxyl groups excluding tert-OH is 3. The van der Waals surface area contributed by atoms with Crippen LogP contribution < -0.4 is 0 Å². The van der Waals surface area contributed by atoms with Crippen molar-refractivity contribution in [1.82, 2.24) is 0 Å². The van der Waals surface area contributed by atoms with Crippen LogP contribution in [0.25, 0.3) is 0 Å². The molecule has 0 bridgehead atoms. The van der Waals surface area contributed by atoms with E-state index in [0.29, 0.717) is 0 Å². The summed E-state index contributed by atoms with van der Waals surface area (Å²) >= 11 is 0. The van der Waals surface area contributed by atoms with E-state index in [0.717, 1.165) is 20.8 Å². The largest absolute Gasteiger partial charge is 0.394 e. The van der Waals surface area contributed by atoms with Crippen LogP contribution in [-0.4, -0.2) is 68.0 Å². The molecule has 4 atom stereocenters. The molecule has 122 valence electrons. The van der Waals surface area contributed by atoms with Gasteiger partial charge in [-0.1, -0.05) is 0 Å². The Balaban J connectivity index is 0. The first-order valence-electron chi connectivity index (χ1n) is 5.77. The van der Waals surface area contributed by atoms with Crippen LogP contribution >= 0.6 is 17.0 Å². The van der Waals surface area contributed by atoms with E-state index in [1.165, 1.54) is 0 Å². The maximum absolute atomic E-state index is 11.7. The molecular weight excluding hydrogens is 352 g/mol. The summed E-state index contributed by atoms with van der Waals surface area (Å²) in [5.41, 5.74) is -3.08. The van der Waals surface area contributed by atoms with Crippen LogP contribution in [0.2, 0.25) is 0 Å². The molecule has 4 N–H and O–H groups in total. The number of aliphatic hydroxyl groups is 4. The lowest BCUT2D eigenvalue weighted by Gasteiger charge is -2.34. The van der Waals surface area contributed by atoms with Gasteiger partial charge in [0, 0.05) is 6.92 Å².